The number of hydrogen-bond acceptors (Lipinski definition) is 4. The maximum Gasteiger partial charge on any atom is 0.255 e. The molecule has 2 amide bonds. The van der Waals surface area contributed by atoms with Crippen LogP contribution in [0.25, 0.3) is 0 Å². The molecule has 0 radical (unpaired) electrons. The lowest BCUT2D eigenvalue weighted by Gasteiger charge is -2.17. The number of anilines is 2. The third-order valence-corrected chi connectivity index (χ3v) is 6.17. The van der Waals surface area contributed by atoms with Crippen LogP contribution in [0.4, 0.5) is 11.5 Å². The number of benzene rings is 3. The Morgan fingerprint density at radius 3 is 2.27 bits per heavy atom. The standard InChI is InChI=1S/C27H23N3O2S/c1-19-8-7-11-21(18-19)26(31)29-22-13-15-23(16-14-22)33-25(20-9-3-2-4-10-20)27(32)30-24-12-5-6-17-28-24/h2-18,25H,1H3,(H,29,31)(H,28,30,32). The summed E-state index contributed by atoms with van der Waals surface area (Å²) in [4.78, 5) is 30.7. The van der Waals surface area contributed by atoms with Gasteiger partial charge in [-0.2, -0.15) is 0 Å². The smallest absolute Gasteiger partial charge is 0.255 e. The van der Waals surface area contributed by atoms with E-state index in [9.17, 15) is 9.59 Å². The van der Waals surface area contributed by atoms with Crippen LogP contribution in [-0.4, -0.2) is 16.8 Å². The van der Waals surface area contributed by atoms with Crippen molar-refractivity contribution >= 4 is 35.1 Å². The second-order valence-corrected chi connectivity index (χ2v) is 8.64. The summed E-state index contributed by atoms with van der Waals surface area (Å²) in [7, 11) is 0. The van der Waals surface area contributed by atoms with Crippen molar-refractivity contribution < 1.29 is 9.59 Å². The van der Waals surface area contributed by atoms with Crippen LogP contribution in [0.1, 0.15) is 26.7 Å². The number of nitrogens with one attached hydrogen (secondary N) is 2. The van der Waals surface area contributed by atoms with Gasteiger partial charge in [0.1, 0.15) is 11.1 Å². The first-order chi connectivity index (χ1) is 16.1. The van der Waals surface area contributed by atoms with Gasteiger partial charge in [0.25, 0.3) is 5.91 Å². The number of rotatable bonds is 7. The van der Waals surface area contributed by atoms with Crippen molar-refractivity contribution in [3.05, 3.63) is 120 Å². The molecule has 1 unspecified atom stereocenters. The molecule has 0 saturated heterocycles. The van der Waals surface area contributed by atoms with E-state index in [1.54, 1.807) is 24.4 Å². The van der Waals surface area contributed by atoms with Gasteiger partial charge in [-0.05, 0) is 61.0 Å². The first-order valence-electron chi connectivity index (χ1n) is 10.5. The fourth-order valence-corrected chi connectivity index (χ4v) is 4.30. The van der Waals surface area contributed by atoms with Crippen molar-refractivity contribution in [1.82, 2.24) is 4.98 Å². The van der Waals surface area contributed by atoms with Crippen LogP contribution in [-0.2, 0) is 4.79 Å². The summed E-state index contributed by atoms with van der Waals surface area (Å²) in [6.45, 7) is 1.95. The summed E-state index contributed by atoms with van der Waals surface area (Å²) < 4.78 is 0. The molecule has 4 rings (SSSR count). The van der Waals surface area contributed by atoms with Crippen LogP contribution in [0.15, 0.2) is 108 Å². The molecule has 4 aromatic rings. The molecule has 0 aliphatic rings. The highest BCUT2D eigenvalue weighted by atomic mass is 32.2. The van der Waals surface area contributed by atoms with Crippen molar-refractivity contribution in [2.24, 2.45) is 0 Å². The number of hydrogen-bond donors (Lipinski definition) is 2. The fraction of sp³-hybridized carbons (Fsp3) is 0.0741. The highest BCUT2D eigenvalue weighted by molar-refractivity contribution is 8.00. The van der Waals surface area contributed by atoms with Gasteiger partial charge in [0, 0.05) is 22.3 Å². The van der Waals surface area contributed by atoms with Gasteiger partial charge in [-0.3, -0.25) is 9.59 Å². The van der Waals surface area contributed by atoms with Crippen molar-refractivity contribution in [3.8, 4) is 0 Å². The summed E-state index contributed by atoms with van der Waals surface area (Å²) >= 11 is 1.44. The topological polar surface area (TPSA) is 71.1 Å². The van der Waals surface area contributed by atoms with Crippen LogP contribution in [0.3, 0.4) is 0 Å². The highest BCUT2D eigenvalue weighted by Gasteiger charge is 2.22. The molecule has 2 N–H and O–H groups in total. The first-order valence-corrected chi connectivity index (χ1v) is 11.4. The van der Waals surface area contributed by atoms with Gasteiger partial charge in [-0.1, -0.05) is 54.1 Å². The third kappa shape index (κ3) is 6.08. The lowest BCUT2D eigenvalue weighted by Crippen LogP contribution is -2.19. The Balaban J connectivity index is 1.48. The van der Waals surface area contributed by atoms with Gasteiger partial charge >= 0.3 is 0 Å². The number of thioether (sulfide) groups is 1. The monoisotopic (exact) mass is 453 g/mol. The molecule has 0 bridgehead atoms. The Morgan fingerprint density at radius 1 is 0.818 bits per heavy atom. The summed E-state index contributed by atoms with van der Waals surface area (Å²) in [6, 6.07) is 30.0. The molecule has 0 fully saturated rings. The van der Waals surface area contributed by atoms with Gasteiger partial charge in [0.2, 0.25) is 5.91 Å². The summed E-state index contributed by atoms with van der Waals surface area (Å²) in [5.41, 5.74) is 3.24. The molecular weight excluding hydrogens is 430 g/mol. The Labute approximate surface area is 197 Å². The van der Waals surface area contributed by atoms with E-state index in [1.807, 2.05) is 85.8 Å². The Kier molecular flexibility index (Phi) is 7.17. The molecule has 0 aliphatic heterocycles. The van der Waals surface area contributed by atoms with Crippen LogP contribution in [0.5, 0.6) is 0 Å². The third-order valence-electron chi connectivity index (χ3n) is 4.90. The molecule has 6 heteroatoms. The summed E-state index contributed by atoms with van der Waals surface area (Å²) in [6.07, 6.45) is 1.64. The quantitative estimate of drug-likeness (QED) is 0.331. The summed E-state index contributed by atoms with van der Waals surface area (Å²) in [5, 5.41) is 5.35. The van der Waals surface area contributed by atoms with Crippen molar-refractivity contribution in [1.29, 1.82) is 0 Å². The van der Waals surface area contributed by atoms with E-state index >= 15 is 0 Å². The number of amides is 2. The molecule has 5 nitrogen and oxygen atoms in total. The first kappa shape index (κ1) is 22.3. The van der Waals surface area contributed by atoms with Crippen LogP contribution >= 0.6 is 11.8 Å². The van der Waals surface area contributed by atoms with Gasteiger partial charge in [-0.25, -0.2) is 4.98 Å². The average Bonchev–Trinajstić information content (AvgIpc) is 2.84. The molecule has 0 saturated carbocycles. The normalized spacial score (nSPS) is 11.4. The number of nitrogens with zero attached hydrogens (tertiary/aromatic N) is 1. The summed E-state index contributed by atoms with van der Waals surface area (Å²) in [5.74, 6) is 0.205. The number of aromatic nitrogens is 1. The van der Waals surface area contributed by atoms with E-state index in [1.165, 1.54) is 11.8 Å². The van der Waals surface area contributed by atoms with Crippen LogP contribution in [0, 0.1) is 6.92 Å². The maximum atomic E-state index is 13.1. The number of carbonyl (C=O) groups excluding carboxylic acids is 2. The number of pyridine rings is 1. The van der Waals surface area contributed by atoms with E-state index in [0.29, 0.717) is 17.1 Å². The molecule has 0 aliphatic carbocycles. The fourth-order valence-electron chi connectivity index (χ4n) is 3.27. The molecule has 3 aromatic carbocycles. The second-order valence-electron chi connectivity index (χ2n) is 7.46. The minimum atomic E-state index is -0.457. The zero-order valence-corrected chi connectivity index (χ0v) is 18.9. The number of carbonyl (C=O) groups is 2. The molecule has 1 heterocycles. The van der Waals surface area contributed by atoms with Crippen molar-refractivity contribution in [2.75, 3.05) is 10.6 Å². The molecule has 0 spiro atoms. The number of aryl methyl sites for hydroxylation is 1. The second kappa shape index (κ2) is 10.6. The molecule has 33 heavy (non-hydrogen) atoms. The van der Waals surface area contributed by atoms with Crippen LogP contribution < -0.4 is 10.6 Å². The van der Waals surface area contributed by atoms with Gasteiger partial charge < -0.3 is 10.6 Å². The van der Waals surface area contributed by atoms with Gasteiger partial charge in [0.05, 0.1) is 0 Å². The molecule has 1 aromatic heterocycles. The van der Waals surface area contributed by atoms with E-state index in [0.717, 1.165) is 16.0 Å². The zero-order valence-electron chi connectivity index (χ0n) is 18.1. The van der Waals surface area contributed by atoms with E-state index in [2.05, 4.69) is 15.6 Å². The Morgan fingerprint density at radius 2 is 1.58 bits per heavy atom. The van der Waals surface area contributed by atoms with Crippen LogP contribution in [0.2, 0.25) is 0 Å². The van der Waals surface area contributed by atoms with Gasteiger partial charge in [0.15, 0.2) is 0 Å². The lowest BCUT2D eigenvalue weighted by atomic mass is 10.1. The zero-order chi connectivity index (χ0) is 23.0. The predicted octanol–water partition coefficient (Wildman–Crippen LogP) is 6.11. The SMILES string of the molecule is Cc1cccc(C(=O)Nc2ccc(SC(C(=O)Nc3ccccn3)c3ccccc3)cc2)c1. The van der Waals surface area contributed by atoms with Crippen molar-refractivity contribution in [2.45, 2.75) is 17.1 Å². The predicted molar refractivity (Wildman–Crippen MR) is 133 cm³/mol. The van der Waals surface area contributed by atoms with E-state index in [4.69, 9.17) is 0 Å². The Bertz CT molecular complexity index is 1230. The van der Waals surface area contributed by atoms with Crippen molar-refractivity contribution in [3.63, 3.8) is 0 Å². The Hall–Kier alpha value is -3.90. The van der Waals surface area contributed by atoms with E-state index in [-0.39, 0.29) is 11.8 Å². The maximum absolute atomic E-state index is 13.1. The average molecular weight is 454 g/mol. The molecular formula is C27H23N3O2S. The minimum absolute atomic E-state index is 0.151. The van der Waals surface area contributed by atoms with E-state index < -0.39 is 5.25 Å². The lowest BCUT2D eigenvalue weighted by molar-refractivity contribution is -0.115. The van der Waals surface area contributed by atoms with Gasteiger partial charge in [-0.15, -0.1) is 11.8 Å². The minimum Gasteiger partial charge on any atom is -0.322 e. The molecule has 1 atom stereocenters. The largest absolute Gasteiger partial charge is 0.322 e. The highest BCUT2D eigenvalue weighted by Crippen LogP contribution is 2.36. The molecule has 164 valence electrons.